The van der Waals surface area contributed by atoms with Crippen molar-refractivity contribution in [3.05, 3.63) is 107 Å². The third kappa shape index (κ3) is 5.68. The number of nitrogens with one attached hydrogen (secondary N) is 1. The predicted octanol–water partition coefficient (Wildman–Crippen LogP) is 7.33. The zero-order chi connectivity index (χ0) is 31.5. The third-order valence-corrected chi connectivity index (χ3v) is 8.16. The van der Waals surface area contributed by atoms with E-state index in [0.29, 0.717) is 17.4 Å². The average molecular weight is 614 g/mol. The molecule has 3 aromatic carbocycles. The number of nitrogens with zero attached hydrogens (tertiary/aromatic N) is 2. The fourth-order valence-corrected chi connectivity index (χ4v) is 6.02. The van der Waals surface area contributed by atoms with E-state index in [1.165, 1.54) is 54.4 Å². The molecule has 1 aliphatic rings. The lowest BCUT2D eigenvalue weighted by atomic mass is 9.82. The summed E-state index contributed by atoms with van der Waals surface area (Å²) in [5, 5.41) is 3.05. The van der Waals surface area contributed by atoms with Gasteiger partial charge in [-0.2, -0.15) is 13.2 Å². The number of carbonyl (C=O) groups excluding carboxylic acids is 1. The molecule has 0 spiro atoms. The first-order chi connectivity index (χ1) is 21.1. The number of alkyl halides is 3. The lowest BCUT2D eigenvalue weighted by Gasteiger charge is -2.37. The Morgan fingerprint density at radius 3 is 2.25 bits per heavy atom. The van der Waals surface area contributed by atoms with E-state index < -0.39 is 46.5 Å². The van der Waals surface area contributed by atoms with Crippen LogP contribution >= 0.6 is 0 Å². The Balaban J connectivity index is 1.74. The summed E-state index contributed by atoms with van der Waals surface area (Å²) in [6.07, 6.45) is 1.99. The van der Waals surface area contributed by atoms with Gasteiger partial charge in [-0.3, -0.25) is 4.79 Å². The van der Waals surface area contributed by atoms with Crippen molar-refractivity contribution in [3.8, 4) is 17.1 Å². The summed E-state index contributed by atoms with van der Waals surface area (Å²) < 4.78 is 88.0. The molecule has 1 unspecified atom stereocenters. The van der Waals surface area contributed by atoms with Gasteiger partial charge in [-0.05, 0) is 42.2 Å². The molecule has 5 rings (SSSR count). The molecule has 232 valence electrons. The van der Waals surface area contributed by atoms with Crippen molar-refractivity contribution in [2.75, 3.05) is 14.2 Å². The largest absolute Gasteiger partial charge is 0.497 e. The summed E-state index contributed by atoms with van der Waals surface area (Å²) in [5.41, 5.74) is -4.60. The van der Waals surface area contributed by atoms with Crippen LogP contribution in [0.2, 0.25) is 0 Å². The second kappa shape index (κ2) is 12.8. The number of carbonyl (C=O) groups is 1. The smallest absolute Gasteiger partial charge is 0.426 e. The van der Waals surface area contributed by atoms with Crippen LogP contribution in [0.15, 0.2) is 79.1 Å². The Labute approximate surface area is 251 Å². The number of hydrogen-bond acceptors (Lipinski definition) is 4. The second-order valence-electron chi connectivity index (χ2n) is 10.7. The molecule has 1 N–H and O–H groups in total. The summed E-state index contributed by atoms with van der Waals surface area (Å²) in [6.45, 7) is 0. The molecule has 0 bridgehead atoms. The number of hydrogen-bond donors (Lipinski definition) is 1. The van der Waals surface area contributed by atoms with Crippen molar-refractivity contribution in [1.82, 2.24) is 14.9 Å². The maximum absolute atomic E-state index is 15.9. The maximum atomic E-state index is 15.9. The molecule has 1 fully saturated rings. The molecule has 6 nitrogen and oxygen atoms in total. The molecule has 44 heavy (non-hydrogen) atoms. The van der Waals surface area contributed by atoms with Crippen LogP contribution in [0, 0.1) is 11.6 Å². The van der Waals surface area contributed by atoms with E-state index in [0.717, 1.165) is 45.3 Å². The van der Waals surface area contributed by atoms with Crippen LogP contribution in [-0.2, 0) is 15.1 Å². The average Bonchev–Trinajstić information content (AvgIpc) is 3.49. The lowest BCUT2D eigenvalue weighted by Crippen LogP contribution is -2.46. The molecule has 1 saturated carbocycles. The molecule has 1 aliphatic carbocycles. The molecule has 1 amide bonds. The van der Waals surface area contributed by atoms with Gasteiger partial charge in [0, 0.05) is 31.1 Å². The van der Waals surface area contributed by atoms with Gasteiger partial charge in [-0.15, -0.1) is 0 Å². The number of ether oxygens (including phenoxy) is 2. The van der Waals surface area contributed by atoms with Gasteiger partial charge < -0.3 is 19.4 Å². The standard InChI is InChI=1S/C33H32F5N3O3/c1-43-24-15-13-21(14-16-24)29(31(42)40-23-11-7-4-8-12-23)41-20-19-39-30(41)27-25(17-18-26(34)28(27)35)32(44-2,33(36,37)38)22-9-5-3-6-10-22/h3,5-6,9-10,13-20,23,29H,4,7-8,11-12H2,1-2H3,(H,40,42)/t29?,32-/m1/s1. The first-order valence-electron chi connectivity index (χ1n) is 14.3. The molecular formula is C33H32F5N3O3. The molecular weight excluding hydrogens is 581 g/mol. The number of methoxy groups -OCH3 is 2. The van der Waals surface area contributed by atoms with Crippen LogP contribution in [0.5, 0.6) is 5.75 Å². The number of benzene rings is 3. The molecule has 1 aromatic heterocycles. The van der Waals surface area contributed by atoms with Crippen LogP contribution in [0.3, 0.4) is 0 Å². The third-order valence-electron chi connectivity index (χ3n) is 8.16. The molecule has 0 radical (unpaired) electrons. The van der Waals surface area contributed by atoms with Crippen LogP contribution < -0.4 is 10.1 Å². The van der Waals surface area contributed by atoms with E-state index >= 15 is 17.6 Å². The molecule has 11 heteroatoms. The minimum atomic E-state index is -5.12. The number of imidazole rings is 1. The molecule has 0 saturated heterocycles. The lowest BCUT2D eigenvalue weighted by molar-refractivity contribution is -0.258. The monoisotopic (exact) mass is 613 g/mol. The van der Waals surface area contributed by atoms with Crippen LogP contribution in [0.4, 0.5) is 22.0 Å². The van der Waals surface area contributed by atoms with Gasteiger partial charge in [-0.1, -0.05) is 67.8 Å². The van der Waals surface area contributed by atoms with Crippen LogP contribution in [0.1, 0.15) is 54.8 Å². The summed E-state index contributed by atoms with van der Waals surface area (Å²) >= 11 is 0. The van der Waals surface area contributed by atoms with Crippen molar-refractivity contribution < 1.29 is 36.2 Å². The van der Waals surface area contributed by atoms with E-state index in [9.17, 15) is 9.18 Å². The number of aromatic nitrogens is 2. The summed E-state index contributed by atoms with van der Waals surface area (Å²) in [4.78, 5) is 18.2. The Hall–Kier alpha value is -4.25. The van der Waals surface area contributed by atoms with Gasteiger partial charge >= 0.3 is 6.18 Å². The first-order valence-corrected chi connectivity index (χ1v) is 14.3. The molecule has 1 heterocycles. The Morgan fingerprint density at radius 1 is 0.955 bits per heavy atom. The van der Waals surface area contributed by atoms with Crippen LogP contribution in [-0.4, -0.2) is 41.9 Å². The quantitative estimate of drug-likeness (QED) is 0.201. The minimum absolute atomic E-state index is 0.102. The van der Waals surface area contributed by atoms with Crippen molar-refractivity contribution >= 4 is 5.91 Å². The normalized spacial score (nSPS) is 16.2. The molecule has 0 aliphatic heterocycles. The molecule has 4 aromatic rings. The van der Waals surface area contributed by atoms with Crippen molar-refractivity contribution in [1.29, 1.82) is 0 Å². The number of halogens is 5. The highest BCUT2D eigenvalue weighted by Gasteiger charge is 2.59. The summed E-state index contributed by atoms with van der Waals surface area (Å²) in [5.74, 6) is -3.26. The highest BCUT2D eigenvalue weighted by molar-refractivity contribution is 5.85. The highest BCUT2D eigenvalue weighted by atomic mass is 19.4. The zero-order valence-electron chi connectivity index (χ0n) is 24.2. The van der Waals surface area contributed by atoms with Gasteiger partial charge in [0.1, 0.15) is 17.6 Å². The molecule has 2 atom stereocenters. The van der Waals surface area contributed by atoms with Crippen molar-refractivity contribution in [3.63, 3.8) is 0 Å². The van der Waals surface area contributed by atoms with Crippen LogP contribution in [0.25, 0.3) is 11.4 Å². The topological polar surface area (TPSA) is 65.4 Å². The van der Waals surface area contributed by atoms with E-state index in [2.05, 4.69) is 10.3 Å². The Bertz CT molecular complexity index is 1580. The van der Waals surface area contributed by atoms with Gasteiger partial charge in [0.05, 0.1) is 12.7 Å². The number of rotatable bonds is 9. The van der Waals surface area contributed by atoms with Gasteiger partial charge in [0.25, 0.3) is 0 Å². The summed E-state index contributed by atoms with van der Waals surface area (Å²) in [7, 11) is 2.34. The zero-order valence-corrected chi connectivity index (χ0v) is 24.2. The van der Waals surface area contributed by atoms with Crippen molar-refractivity contribution in [2.45, 2.75) is 56.0 Å². The van der Waals surface area contributed by atoms with E-state index in [1.807, 2.05) is 0 Å². The van der Waals surface area contributed by atoms with Gasteiger partial charge in [0.2, 0.25) is 11.5 Å². The Morgan fingerprint density at radius 2 is 1.64 bits per heavy atom. The predicted molar refractivity (Wildman–Crippen MR) is 154 cm³/mol. The summed E-state index contributed by atoms with van der Waals surface area (Å²) in [6, 6.07) is 13.4. The SMILES string of the molecule is COc1ccc(C(C(=O)NC2CCCCC2)n2ccnc2-c2c([C@](OC)(c3ccccc3)C(F)(F)F)ccc(F)c2F)cc1. The highest BCUT2D eigenvalue weighted by Crippen LogP contribution is 2.50. The van der Waals surface area contributed by atoms with Gasteiger partial charge in [0.15, 0.2) is 11.6 Å². The maximum Gasteiger partial charge on any atom is 0.426 e. The fourth-order valence-electron chi connectivity index (χ4n) is 6.02. The van der Waals surface area contributed by atoms with Crippen molar-refractivity contribution in [2.24, 2.45) is 0 Å². The van der Waals surface area contributed by atoms with E-state index in [-0.39, 0.29) is 17.4 Å². The number of amides is 1. The minimum Gasteiger partial charge on any atom is -0.497 e. The Kier molecular flexibility index (Phi) is 9.05. The van der Waals surface area contributed by atoms with Gasteiger partial charge in [-0.25, -0.2) is 13.8 Å². The fraction of sp³-hybridized carbons (Fsp3) is 0.333. The second-order valence-corrected chi connectivity index (χ2v) is 10.7. The van der Waals surface area contributed by atoms with E-state index in [4.69, 9.17) is 9.47 Å². The first kappa shape index (κ1) is 31.2. The van der Waals surface area contributed by atoms with E-state index in [1.54, 1.807) is 24.3 Å².